The highest BCUT2D eigenvalue weighted by Gasteiger charge is 2.15. The van der Waals surface area contributed by atoms with Gasteiger partial charge in [-0.3, -0.25) is 4.79 Å². The Labute approximate surface area is 161 Å². The Balaban J connectivity index is 1.75. The molecule has 0 atom stereocenters. The van der Waals surface area contributed by atoms with Gasteiger partial charge in [0, 0.05) is 31.6 Å². The number of aromatic hydroxyl groups is 1. The number of nitrogens with zero attached hydrogens (tertiary/aromatic N) is 4. The van der Waals surface area contributed by atoms with Crippen molar-refractivity contribution in [1.29, 1.82) is 0 Å². The van der Waals surface area contributed by atoms with Gasteiger partial charge in [0.2, 0.25) is 11.8 Å². The molecule has 0 aliphatic rings. The van der Waals surface area contributed by atoms with Crippen LogP contribution in [0.5, 0.6) is 11.8 Å². The Morgan fingerprint density at radius 2 is 2.07 bits per heavy atom. The number of unbranched alkanes of at least 4 members (excludes halogenated alkanes) is 1. The lowest BCUT2D eigenvalue weighted by atomic mass is 10.1. The summed E-state index contributed by atoms with van der Waals surface area (Å²) in [6.45, 7) is 0.591. The minimum atomic E-state index is -0.244. The van der Waals surface area contributed by atoms with Gasteiger partial charge in [-0.2, -0.15) is 9.78 Å². The number of aliphatic hydroxyl groups excluding tert-OH is 1. The molecule has 3 N–H and O–H groups in total. The zero-order valence-corrected chi connectivity index (χ0v) is 15.4. The van der Waals surface area contributed by atoms with Crippen LogP contribution in [0.25, 0.3) is 16.9 Å². The third-order valence-electron chi connectivity index (χ3n) is 4.10. The van der Waals surface area contributed by atoms with Crippen molar-refractivity contribution in [1.82, 2.24) is 25.1 Å². The molecule has 9 heteroatoms. The maximum Gasteiger partial charge on any atom is 0.252 e. The van der Waals surface area contributed by atoms with Crippen LogP contribution in [-0.4, -0.2) is 56.1 Å². The lowest BCUT2D eigenvalue weighted by Crippen LogP contribution is -2.24. The summed E-state index contributed by atoms with van der Waals surface area (Å²) in [6.07, 6.45) is 5.87. The number of carbonyl (C=O) groups excluding carboxylic acids is 1. The molecule has 28 heavy (non-hydrogen) atoms. The normalized spacial score (nSPS) is 10.6. The topological polar surface area (TPSA) is 122 Å². The molecule has 0 aromatic carbocycles. The highest BCUT2D eigenvalue weighted by molar-refractivity contribution is 5.93. The Morgan fingerprint density at radius 3 is 2.79 bits per heavy atom. The zero-order chi connectivity index (χ0) is 19.9. The molecule has 3 aromatic rings. The van der Waals surface area contributed by atoms with Crippen LogP contribution in [-0.2, 0) is 0 Å². The Kier molecular flexibility index (Phi) is 6.18. The molecule has 0 aliphatic heterocycles. The number of hydrogen-bond donors (Lipinski definition) is 3. The number of pyridine rings is 2. The van der Waals surface area contributed by atoms with E-state index >= 15 is 0 Å². The number of methoxy groups -OCH3 is 1. The van der Waals surface area contributed by atoms with Crippen molar-refractivity contribution in [2.24, 2.45) is 0 Å². The summed E-state index contributed by atoms with van der Waals surface area (Å²) >= 11 is 0. The molecule has 0 aliphatic carbocycles. The Hall–Kier alpha value is -3.46. The molecule has 0 saturated carbocycles. The van der Waals surface area contributed by atoms with E-state index in [0.29, 0.717) is 47.8 Å². The second kappa shape index (κ2) is 8.96. The number of hydrogen-bond acceptors (Lipinski definition) is 7. The third-order valence-corrected chi connectivity index (χ3v) is 4.10. The fourth-order valence-electron chi connectivity index (χ4n) is 2.59. The first-order chi connectivity index (χ1) is 13.6. The number of aliphatic hydroxyl groups is 1. The maximum atomic E-state index is 12.1. The average Bonchev–Trinajstić information content (AvgIpc) is 3.12. The van der Waals surface area contributed by atoms with Crippen molar-refractivity contribution in [3.05, 3.63) is 48.4 Å². The first kappa shape index (κ1) is 19.3. The van der Waals surface area contributed by atoms with E-state index in [0.717, 1.165) is 0 Å². The van der Waals surface area contributed by atoms with Crippen molar-refractivity contribution in [2.45, 2.75) is 12.8 Å². The van der Waals surface area contributed by atoms with Gasteiger partial charge in [0.15, 0.2) is 5.82 Å². The van der Waals surface area contributed by atoms with Crippen LogP contribution < -0.4 is 10.1 Å². The Bertz CT molecular complexity index is 940. The summed E-state index contributed by atoms with van der Waals surface area (Å²) in [4.78, 5) is 20.3. The van der Waals surface area contributed by atoms with Gasteiger partial charge in [-0.05, 0) is 36.6 Å². The van der Waals surface area contributed by atoms with Crippen LogP contribution in [0.4, 0.5) is 0 Å². The quantitative estimate of drug-likeness (QED) is 0.504. The fraction of sp³-hybridized carbons (Fsp3) is 0.263. The molecule has 0 spiro atoms. The highest BCUT2D eigenvalue weighted by Crippen LogP contribution is 2.31. The molecule has 3 heterocycles. The number of aromatic nitrogens is 4. The first-order valence-electron chi connectivity index (χ1n) is 8.77. The maximum absolute atomic E-state index is 12.1. The third kappa shape index (κ3) is 4.26. The lowest BCUT2D eigenvalue weighted by Gasteiger charge is -2.07. The van der Waals surface area contributed by atoms with Gasteiger partial charge < -0.3 is 20.3 Å². The van der Waals surface area contributed by atoms with Gasteiger partial charge in [0.05, 0.1) is 24.4 Å². The summed E-state index contributed by atoms with van der Waals surface area (Å²) < 4.78 is 6.39. The van der Waals surface area contributed by atoms with E-state index < -0.39 is 0 Å². The number of amides is 1. The van der Waals surface area contributed by atoms with Crippen molar-refractivity contribution in [3.8, 4) is 28.7 Å². The number of nitrogens with one attached hydrogen (secondary N) is 1. The minimum Gasteiger partial charge on any atom is -0.493 e. The molecule has 0 saturated heterocycles. The highest BCUT2D eigenvalue weighted by atomic mass is 16.5. The van der Waals surface area contributed by atoms with Gasteiger partial charge in [-0.25, -0.2) is 9.97 Å². The monoisotopic (exact) mass is 383 g/mol. The molecule has 3 aromatic heterocycles. The van der Waals surface area contributed by atoms with Crippen molar-refractivity contribution in [3.63, 3.8) is 0 Å². The van der Waals surface area contributed by atoms with E-state index in [2.05, 4.69) is 20.4 Å². The van der Waals surface area contributed by atoms with Crippen molar-refractivity contribution in [2.75, 3.05) is 20.3 Å². The SMILES string of the molecule is COc1cc(-c2cnn(-c3ccc(C(=O)NCCCCO)cn3)c2O)ccn1. The first-order valence-corrected chi connectivity index (χ1v) is 8.77. The van der Waals surface area contributed by atoms with E-state index in [1.165, 1.54) is 24.2 Å². The fourth-order valence-corrected chi connectivity index (χ4v) is 2.59. The number of ether oxygens (including phenoxy) is 1. The van der Waals surface area contributed by atoms with Crippen LogP contribution in [0.3, 0.4) is 0 Å². The largest absolute Gasteiger partial charge is 0.493 e. The molecule has 0 radical (unpaired) electrons. The molecular weight excluding hydrogens is 362 g/mol. The Morgan fingerprint density at radius 1 is 1.21 bits per heavy atom. The van der Waals surface area contributed by atoms with Gasteiger partial charge in [-0.15, -0.1) is 0 Å². The lowest BCUT2D eigenvalue weighted by molar-refractivity contribution is 0.0951. The van der Waals surface area contributed by atoms with Gasteiger partial charge >= 0.3 is 0 Å². The van der Waals surface area contributed by atoms with Crippen LogP contribution in [0.15, 0.2) is 42.9 Å². The van der Waals surface area contributed by atoms with Gasteiger partial charge in [0.25, 0.3) is 5.91 Å². The predicted molar refractivity (Wildman–Crippen MR) is 101 cm³/mol. The van der Waals surface area contributed by atoms with Crippen LogP contribution in [0, 0.1) is 0 Å². The summed E-state index contributed by atoms with van der Waals surface area (Å²) in [7, 11) is 1.52. The van der Waals surface area contributed by atoms with Crippen molar-refractivity contribution >= 4 is 5.91 Å². The van der Waals surface area contributed by atoms with Crippen molar-refractivity contribution < 1.29 is 19.7 Å². The summed E-state index contributed by atoms with van der Waals surface area (Å²) in [6, 6.07) is 6.65. The molecular formula is C19H21N5O4. The van der Waals surface area contributed by atoms with E-state index in [-0.39, 0.29) is 18.4 Å². The van der Waals surface area contributed by atoms with Crippen LogP contribution in [0.2, 0.25) is 0 Å². The van der Waals surface area contributed by atoms with E-state index in [1.807, 2.05) is 0 Å². The smallest absolute Gasteiger partial charge is 0.252 e. The molecule has 0 bridgehead atoms. The van der Waals surface area contributed by atoms with E-state index in [9.17, 15) is 9.90 Å². The van der Waals surface area contributed by atoms with Gasteiger partial charge in [0.1, 0.15) is 0 Å². The summed E-state index contributed by atoms with van der Waals surface area (Å²) in [5.74, 6) is 0.479. The number of rotatable bonds is 8. The molecule has 0 unspecified atom stereocenters. The van der Waals surface area contributed by atoms with Crippen LogP contribution >= 0.6 is 0 Å². The second-order valence-electron chi connectivity index (χ2n) is 5.97. The molecule has 0 fully saturated rings. The second-order valence-corrected chi connectivity index (χ2v) is 5.97. The van der Waals surface area contributed by atoms with Crippen LogP contribution in [0.1, 0.15) is 23.2 Å². The van der Waals surface area contributed by atoms with Gasteiger partial charge in [-0.1, -0.05) is 0 Å². The molecule has 1 amide bonds. The zero-order valence-electron chi connectivity index (χ0n) is 15.4. The standard InChI is InChI=1S/C19H21N5O4/c1-28-17-10-13(6-8-20-17)15-12-23-24(19(15)27)16-5-4-14(11-22-16)18(26)21-7-2-3-9-25/h4-6,8,10-12,25,27H,2-3,7,9H2,1H3,(H,21,26). The summed E-state index contributed by atoms with van der Waals surface area (Å²) in [5, 5.41) is 26.2. The van der Waals surface area contributed by atoms with E-state index in [4.69, 9.17) is 9.84 Å². The molecule has 3 rings (SSSR count). The molecule has 146 valence electrons. The summed E-state index contributed by atoms with van der Waals surface area (Å²) in [5.41, 5.74) is 1.61. The van der Waals surface area contributed by atoms with E-state index in [1.54, 1.807) is 30.5 Å². The predicted octanol–water partition coefficient (Wildman–Crippen LogP) is 1.55. The molecule has 9 nitrogen and oxygen atoms in total. The number of carbonyl (C=O) groups is 1. The minimum absolute atomic E-state index is 0.0815. The average molecular weight is 383 g/mol.